The number of ether oxygens (including phenoxy) is 3. The number of rotatable bonds is 7. The Hall–Kier alpha value is -1.91. The Morgan fingerprint density at radius 2 is 1.78 bits per heavy atom. The molecule has 0 aliphatic carbocycles. The maximum atomic E-state index is 13.0. The molecular weight excluding hydrogens is 591 g/mol. The summed E-state index contributed by atoms with van der Waals surface area (Å²) in [5.41, 5.74) is 2.27. The summed E-state index contributed by atoms with van der Waals surface area (Å²) >= 11 is 17.2. The van der Waals surface area contributed by atoms with Crippen LogP contribution in [0.25, 0.3) is 0 Å². The van der Waals surface area contributed by atoms with Crippen molar-refractivity contribution < 1.29 is 28.9 Å². The van der Waals surface area contributed by atoms with E-state index in [9.17, 15) is 14.7 Å². The van der Waals surface area contributed by atoms with Crippen LogP contribution in [0, 0.1) is 5.92 Å². The Labute approximate surface area is 256 Å². The quantitative estimate of drug-likeness (QED) is 0.283. The SMILES string of the molecule is C[C@@H]1[C@H](CN2CCC[C@H]2C(=O)OC(C)(C)C)O[C@H](c2cccc(NC(=O)C(Cl)(Cl)Cl)c2)O[C@@H]1c1ccc(CO)cc1. The first-order chi connectivity index (χ1) is 19.2. The van der Waals surface area contributed by atoms with Crippen molar-refractivity contribution in [2.24, 2.45) is 5.92 Å². The second-order valence-electron chi connectivity index (χ2n) is 11.6. The van der Waals surface area contributed by atoms with Crippen LogP contribution in [-0.2, 0) is 30.4 Å². The number of carbonyl (C=O) groups is 2. The molecule has 41 heavy (non-hydrogen) atoms. The highest BCUT2D eigenvalue weighted by molar-refractivity contribution is 6.76. The van der Waals surface area contributed by atoms with E-state index in [1.54, 1.807) is 18.2 Å². The number of hydrogen-bond donors (Lipinski definition) is 2. The smallest absolute Gasteiger partial charge is 0.323 e. The molecule has 11 heteroatoms. The fraction of sp³-hybridized carbons (Fsp3) is 0.533. The van der Waals surface area contributed by atoms with Crippen molar-refractivity contribution in [3.63, 3.8) is 0 Å². The Morgan fingerprint density at radius 3 is 2.41 bits per heavy atom. The van der Waals surface area contributed by atoms with Crippen LogP contribution in [0.3, 0.4) is 0 Å². The molecule has 0 aromatic heterocycles. The van der Waals surface area contributed by atoms with Crippen molar-refractivity contribution in [2.75, 3.05) is 18.4 Å². The molecule has 0 unspecified atom stereocenters. The summed E-state index contributed by atoms with van der Waals surface area (Å²) < 4.78 is 16.7. The lowest BCUT2D eigenvalue weighted by Crippen LogP contribution is -2.48. The van der Waals surface area contributed by atoms with Gasteiger partial charge in [0.2, 0.25) is 0 Å². The maximum absolute atomic E-state index is 13.0. The molecular formula is C30H37Cl3N2O6. The number of aliphatic hydroxyl groups excluding tert-OH is 1. The Morgan fingerprint density at radius 1 is 1.07 bits per heavy atom. The molecule has 0 bridgehead atoms. The molecule has 8 nitrogen and oxygen atoms in total. The molecule has 0 radical (unpaired) electrons. The van der Waals surface area contributed by atoms with Gasteiger partial charge in [-0.05, 0) is 63.4 Å². The van der Waals surface area contributed by atoms with E-state index in [4.69, 9.17) is 49.0 Å². The summed E-state index contributed by atoms with van der Waals surface area (Å²) in [6.45, 7) is 8.90. The zero-order valence-electron chi connectivity index (χ0n) is 23.6. The Kier molecular flexibility index (Phi) is 10.3. The lowest BCUT2D eigenvalue weighted by molar-refractivity contribution is -0.276. The lowest BCUT2D eigenvalue weighted by atomic mass is 9.90. The standard InChI is InChI=1S/C30H37Cl3N2O6/c1-18-24(16-35-14-6-9-23(35)26(37)41-29(2,3)4)39-27(40-25(18)20-12-10-19(17-36)11-13-20)21-7-5-8-22(15-21)34-28(38)30(31,32)33/h5,7-8,10-13,15,18,23-25,27,36H,6,9,14,16-17H2,1-4H3,(H,34,38)/t18-,23+,24+,25+,27+/m1/s1. The highest BCUT2D eigenvalue weighted by atomic mass is 35.6. The van der Waals surface area contributed by atoms with Gasteiger partial charge in [-0.1, -0.05) is 78.1 Å². The van der Waals surface area contributed by atoms with Gasteiger partial charge >= 0.3 is 5.97 Å². The molecule has 0 spiro atoms. The molecule has 2 aliphatic heterocycles. The van der Waals surface area contributed by atoms with Gasteiger partial charge in [0.15, 0.2) is 6.29 Å². The molecule has 2 fully saturated rings. The number of aliphatic hydroxyl groups is 1. The normalized spacial score (nSPS) is 25.6. The average Bonchev–Trinajstić information content (AvgIpc) is 3.37. The zero-order valence-corrected chi connectivity index (χ0v) is 25.9. The van der Waals surface area contributed by atoms with Crippen LogP contribution in [-0.4, -0.2) is 56.5 Å². The molecule has 0 saturated carbocycles. The number of hydrogen-bond acceptors (Lipinski definition) is 7. The minimum absolute atomic E-state index is 0.0521. The van der Waals surface area contributed by atoms with Gasteiger partial charge in [-0.3, -0.25) is 14.5 Å². The Balaban J connectivity index is 1.60. The molecule has 2 N–H and O–H groups in total. The van der Waals surface area contributed by atoms with Gasteiger partial charge < -0.3 is 24.6 Å². The summed E-state index contributed by atoms with van der Waals surface area (Å²) in [5, 5.41) is 12.1. The number of nitrogens with zero attached hydrogens (tertiary/aromatic N) is 1. The maximum Gasteiger partial charge on any atom is 0.323 e. The van der Waals surface area contributed by atoms with Gasteiger partial charge in [0.25, 0.3) is 9.70 Å². The monoisotopic (exact) mass is 626 g/mol. The van der Waals surface area contributed by atoms with E-state index in [1.165, 1.54) is 0 Å². The van der Waals surface area contributed by atoms with Crippen LogP contribution < -0.4 is 5.32 Å². The number of halogens is 3. The third-order valence-electron chi connectivity index (χ3n) is 7.25. The number of likely N-dealkylation sites (tertiary alicyclic amines) is 1. The van der Waals surface area contributed by atoms with Crippen molar-refractivity contribution >= 4 is 52.4 Å². The van der Waals surface area contributed by atoms with Gasteiger partial charge in [-0.15, -0.1) is 0 Å². The Bertz CT molecular complexity index is 1210. The fourth-order valence-electron chi connectivity index (χ4n) is 5.21. The van der Waals surface area contributed by atoms with Crippen LogP contribution in [0.1, 0.15) is 69.6 Å². The summed E-state index contributed by atoms with van der Waals surface area (Å²) in [5.74, 6) is -1.07. The van der Waals surface area contributed by atoms with Gasteiger partial charge in [-0.25, -0.2) is 0 Å². The number of anilines is 1. The van der Waals surface area contributed by atoms with Crippen molar-refractivity contribution in [3.05, 3.63) is 65.2 Å². The van der Waals surface area contributed by atoms with Gasteiger partial charge in [-0.2, -0.15) is 0 Å². The highest BCUT2D eigenvalue weighted by Gasteiger charge is 2.42. The number of alkyl halides is 3. The average molecular weight is 628 g/mol. The van der Waals surface area contributed by atoms with E-state index in [0.717, 1.165) is 30.5 Å². The minimum Gasteiger partial charge on any atom is -0.459 e. The van der Waals surface area contributed by atoms with Crippen molar-refractivity contribution in [1.82, 2.24) is 4.90 Å². The minimum atomic E-state index is -2.11. The topological polar surface area (TPSA) is 97.3 Å². The molecule has 1 amide bonds. The molecule has 2 aromatic carbocycles. The largest absolute Gasteiger partial charge is 0.459 e. The number of benzene rings is 2. The summed E-state index contributed by atoms with van der Waals surface area (Å²) in [7, 11) is 0. The fourth-order valence-corrected chi connectivity index (χ4v) is 5.35. The number of esters is 1. The second-order valence-corrected chi connectivity index (χ2v) is 13.9. The second kappa shape index (κ2) is 13.2. The predicted molar refractivity (Wildman–Crippen MR) is 159 cm³/mol. The van der Waals surface area contributed by atoms with Crippen LogP contribution >= 0.6 is 34.8 Å². The molecule has 5 atom stereocenters. The van der Waals surface area contributed by atoms with E-state index in [2.05, 4.69) is 17.1 Å². The van der Waals surface area contributed by atoms with Gasteiger partial charge in [0, 0.05) is 23.7 Å². The first-order valence-corrected chi connectivity index (χ1v) is 14.8. The predicted octanol–water partition coefficient (Wildman–Crippen LogP) is 6.09. The summed E-state index contributed by atoms with van der Waals surface area (Å²) in [4.78, 5) is 27.4. The molecule has 2 aliphatic rings. The number of carbonyl (C=O) groups excluding carboxylic acids is 2. The third kappa shape index (κ3) is 8.35. The zero-order chi connectivity index (χ0) is 29.9. The number of nitrogens with one attached hydrogen (secondary N) is 1. The molecule has 224 valence electrons. The van der Waals surface area contributed by atoms with E-state index in [0.29, 0.717) is 17.8 Å². The first-order valence-electron chi connectivity index (χ1n) is 13.7. The summed E-state index contributed by atoms with van der Waals surface area (Å²) in [6.07, 6.45) is 0.215. The van der Waals surface area contributed by atoms with E-state index in [-0.39, 0.29) is 36.7 Å². The van der Waals surface area contributed by atoms with Crippen molar-refractivity contribution in [1.29, 1.82) is 0 Å². The molecule has 4 rings (SSSR count). The van der Waals surface area contributed by atoms with Crippen LogP contribution in [0.15, 0.2) is 48.5 Å². The molecule has 2 saturated heterocycles. The summed E-state index contributed by atoms with van der Waals surface area (Å²) in [6, 6.07) is 14.3. The molecule has 2 aromatic rings. The lowest BCUT2D eigenvalue weighted by Gasteiger charge is -2.43. The van der Waals surface area contributed by atoms with Crippen LogP contribution in [0.2, 0.25) is 0 Å². The van der Waals surface area contributed by atoms with Crippen LogP contribution in [0.4, 0.5) is 5.69 Å². The van der Waals surface area contributed by atoms with Gasteiger partial charge in [0.1, 0.15) is 11.6 Å². The van der Waals surface area contributed by atoms with Crippen molar-refractivity contribution in [2.45, 2.75) is 81.1 Å². The highest BCUT2D eigenvalue weighted by Crippen LogP contribution is 2.43. The third-order valence-corrected chi connectivity index (χ3v) is 7.77. The van der Waals surface area contributed by atoms with Gasteiger partial charge in [0.05, 0.1) is 18.8 Å². The van der Waals surface area contributed by atoms with E-state index >= 15 is 0 Å². The van der Waals surface area contributed by atoms with E-state index in [1.807, 2.05) is 51.1 Å². The van der Waals surface area contributed by atoms with Crippen molar-refractivity contribution in [3.8, 4) is 0 Å². The first kappa shape index (κ1) is 32.0. The molecule has 2 heterocycles. The van der Waals surface area contributed by atoms with E-state index < -0.39 is 21.6 Å². The van der Waals surface area contributed by atoms with Crippen LogP contribution in [0.5, 0.6) is 0 Å². The number of amides is 1.